The Morgan fingerprint density at radius 2 is 1.86 bits per heavy atom. The van der Waals surface area contributed by atoms with E-state index in [9.17, 15) is 19.7 Å². The lowest BCUT2D eigenvalue weighted by Crippen LogP contribution is -2.32. The Morgan fingerprint density at radius 1 is 1.18 bits per heavy atom. The van der Waals surface area contributed by atoms with E-state index in [1.165, 1.54) is 48.2 Å². The van der Waals surface area contributed by atoms with Gasteiger partial charge in [-0.3, -0.25) is 25.0 Å². The van der Waals surface area contributed by atoms with Crippen LogP contribution in [0.2, 0.25) is 0 Å². The SMILES string of the molecule is CC(=O)N(C)c1cccc(NC(=S)NC(=O)/C=C/c2ccc([N+](=O)[O-])cc2)c1. The van der Waals surface area contributed by atoms with Crippen LogP contribution >= 0.6 is 12.2 Å². The normalized spacial score (nSPS) is 10.4. The number of nitrogens with zero attached hydrogens (tertiary/aromatic N) is 2. The zero-order valence-electron chi connectivity index (χ0n) is 15.2. The van der Waals surface area contributed by atoms with E-state index in [1.54, 1.807) is 31.3 Å². The molecule has 28 heavy (non-hydrogen) atoms. The van der Waals surface area contributed by atoms with E-state index in [1.807, 2.05) is 0 Å². The molecule has 0 aromatic heterocycles. The highest BCUT2D eigenvalue weighted by molar-refractivity contribution is 7.80. The molecule has 0 spiro atoms. The summed E-state index contributed by atoms with van der Waals surface area (Å²) in [6.45, 7) is 1.46. The molecule has 0 saturated carbocycles. The number of rotatable bonds is 5. The summed E-state index contributed by atoms with van der Waals surface area (Å²) < 4.78 is 0. The quantitative estimate of drug-likeness (QED) is 0.347. The van der Waals surface area contributed by atoms with Crippen molar-refractivity contribution in [3.05, 3.63) is 70.3 Å². The number of amides is 2. The first-order valence-electron chi connectivity index (χ1n) is 8.15. The predicted molar refractivity (Wildman–Crippen MR) is 112 cm³/mol. The highest BCUT2D eigenvalue weighted by Gasteiger charge is 2.07. The lowest BCUT2D eigenvalue weighted by molar-refractivity contribution is -0.384. The Bertz CT molecular complexity index is 941. The van der Waals surface area contributed by atoms with Crippen LogP contribution in [0.1, 0.15) is 12.5 Å². The van der Waals surface area contributed by atoms with Gasteiger partial charge in [-0.05, 0) is 54.2 Å². The van der Waals surface area contributed by atoms with Crippen molar-refractivity contribution in [2.24, 2.45) is 0 Å². The fourth-order valence-corrected chi connectivity index (χ4v) is 2.39. The number of thiocarbonyl (C=S) groups is 1. The van der Waals surface area contributed by atoms with Gasteiger partial charge in [-0.2, -0.15) is 0 Å². The van der Waals surface area contributed by atoms with Crippen molar-refractivity contribution in [1.82, 2.24) is 5.32 Å². The first kappa shape index (κ1) is 20.7. The topological polar surface area (TPSA) is 105 Å². The molecule has 144 valence electrons. The molecule has 2 rings (SSSR count). The van der Waals surface area contributed by atoms with Crippen LogP contribution < -0.4 is 15.5 Å². The third-order valence-electron chi connectivity index (χ3n) is 3.73. The molecule has 0 aliphatic heterocycles. The maximum atomic E-state index is 12.0. The molecular weight excluding hydrogens is 380 g/mol. The molecule has 0 unspecified atom stereocenters. The van der Waals surface area contributed by atoms with Crippen molar-refractivity contribution >= 4 is 52.3 Å². The fraction of sp³-hybridized carbons (Fsp3) is 0.105. The number of hydrogen-bond donors (Lipinski definition) is 2. The number of benzene rings is 2. The van der Waals surface area contributed by atoms with Gasteiger partial charge < -0.3 is 10.2 Å². The van der Waals surface area contributed by atoms with Crippen LogP contribution in [0.4, 0.5) is 17.1 Å². The molecule has 0 atom stereocenters. The Kier molecular flexibility index (Phi) is 6.94. The number of nitro benzene ring substituents is 1. The second-order valence-corrected chi connectivity index (χ2v) is 6.16. The molecule has 8 nitrogen and oxygen atoms in total. The molecule has 0 bridgehead atoms. The number of carbonyl (C=O) groups is 2. The summed E-state index contributed by atoms with van der Waals surface area (Å²) in [5.41, 5.74) is 1.92. The van der Waals surface area contributed by atoms with Crippen molar-refractivity contribution in [2.75, 3.05) is 17.3 Å². The highest BCUT2D eigenvalue weighted by atomic mass is 32.1. The summed E-state index contributed by atoms with van der Waals surface area (Å²) in [7, 11) is 1.66. The van der Waals surface area contributed by atoms with E-state index in [-0.39, 0.29) is 16.7 Å². The number of hydrogen-bond acceptors (Lipinski definition) is 5. The minimum Gasteiger partial charge on any atom is -0.332 e. The molecule has 9 heteroatoms. The molecular formula is C19H18N4O4S. The minimum absolute atomic E-state index is 0.0235. The number of nitrogens with one attached hydrogen (secondary N) is 2. The Balaban J connectivity index is 1.93. The molecule has 2 aromatic rings. The molecule has 0 fully saturated rings. The first-order chi connectivity index (χ1) is 13.3. The molecule has 2 N–H and O–H groups in total. The van der Waals surface area contributed by atoms with Gasteiger partial charge in [-0.25, -0.2) is 0 Å². The maximum Gasteiger partial charge on any atom is 0.269 e. The van der Waals surface area contributed by atoms with Crippen LogP contribution in [0.25, 0.3) is 6.08 Å². The van der Waals surface area contributed by atoms with Gasteiger partial charge in [0.15, 0.2) is 5.11 Å². The van der Waals surface area contributed by atoms with Crippen LogP contribution in [-0.2, 0) is 9.59 Å². The maximum absolute atomic E-state index is 12.0. The zero-order valence-corrected chi connectivity index (χ0v) is 16.0. The Morgan fingerprint density at radius 3 is 2.46 bits per heavy atom. The smallest absolute Gasteiger partial charge is 0.269 e. The summed E-state index contributed by atoms with van der Waals surface area (Å²) in [6, 6.07) is 12.8. The zero-order chi connectivity index (χ0) is 20.7. The minimum atomic E-state index is -0.493. The van der Waals surface area contributed by atoms with Crippen LogP contribution in [0.3, 0.4) is 0 Å². The average Bonchev–Trinajstić information content (AvgIpc) is 2.66. The predicted octanol–water partition coefficient (Wildman–Crippen LogP) is 3.10. The van der Waals surface area contributed by atoms with Crippen molar-refractivity contribution in [3.63, 3.8) is 0 Å². The van der Waals surface area contributed by atoms with Crippen molar-refractivity contribution in [2.45, 2.75) is 6.92 Å². The van der Waals surface area contributed by atoms with Gasteiger partial charge in [0.2, 0.25) is 11.8 Å². The molecule has 2 aromatic carbocycles. The Labute approximate surface area is 167 Å². The summed E-state index contributed by atoms with van der Waals surface area (Å²) in [5, 5.41) is 16.1. The van der Waals surface area contributed by atoms with Gasteiger partial charge in [-0.15, -0.1) is 0 Å². The molecule has 0 saturated heterocycles. The van der Waals surface area contributed by atoms with Gasteiger partial charge in [0.05, 0.1) is 4.92 Å². The lowest BCUT2D eigenvalue weighted by atomic mass is 10.2. The summed E-state index contributed by atoms with van der Waals surface area (Å²) in [4.78, 5) is 35.0. The van der Waals surface area contributed by atoms with Gasteiger partial charge in [-0.1, -0.05) is 6.07 Å². The number of non-ortho nitro benzene ring substituents is 1. The standard InChI is InChI=1S/C19H18N4O4S/c1-13(24)22(2)17-5-3-4-15(12-17)20-19(28)21-18(25)11-8-14-6-9-16(10-7-14)23(26)27/h3-12H,1-2H3,(H2,20,21,25,28)/b11-8+. The first-order valence-corrected chi connectivity index (χ1v) is 8.56. The van der Waals surface area contributed by atoms with E-state index in [0.29, 0.717) is 16.9 Å². The molecule has 0 aliphatic rings. The Hall–Kier alpha value is -3.59. The highest BCUT2D eigenvalue weighted by Crippen LogP contribution is 2.18. The van der Waals surface area contributed by atoms with E-state index < -0.39 is 10.8 Å². The third kappa shape index (κ3) is 5.99. The molecule has 0 radical (unpaired) electrons. The number of carbonyl (C=O) groups excluding carboxylic acids is 2. The van der Waals surface area contributed by atoms with E-state index in [4.69, 9.17) is 12.2 Å². The van der Waals surface area contributed by atoms with Crippen LogP contribution in [0.15, 0.2) is 54.6 Å². The van der Waals surface area contributed by atoms with Crippen molar-refractivity contribution < 1.29 is 14.5 Å². The monoisotopic (exact) mass is 398 g/mol. The van der Waals surface area contributed by atoms with Gasteiger partial charge >= 0.3 is 0 Å². The average molecular weight is 398 g/mol. The second-order valence-electron chi connectivity index (χ2n) is 5.75. The largest absolute Gasteiger partial charge is 0.332 e. The van der Waals surface area contributed by atoms with Gasteiger partial charge in [0.1, 0.15) is 0 Å². The van der Waals surface area contributed by atoms with Crippen LogP contribution in [0.5, 0.6) is 0 Å². The molecule has 0 aliphatic carbocycles. The summed E-state index contributed by atoms with van der Waals surface area (Å²) in [5.74, 6) is -0.558. The summed E-state index contributed by atoms with van der Waals surface area (Å²) in [6.07, 6.45) is 2.79. The van der Waals surface area contributed by atoms with Crippen molar-refractivity contribution in [1.29, 1.82) is 0 Å². The molecule has 0 heterocycles. The lowest BCUT2D eigenvalue weighted by Gasteiger charge is -2.16. The van der Waals surface area contributed by atoms with Gasteiger partial charge in [0.25, 0.3) is 5.69 Å². The van der Waals surface area contributed by atoms with Crippen LogP contribution in [0, 0.1) is 10.1 Å². The summed E-state index contributed by atoms with van der Waals surface area (Å²) >= 11 is 5.12. The number of nitro groups is 1. The van der Waals surface area contributed by atoms with E-state index in [0.717, 1.165) is 0 Å². The van der Waals surface area contributed by atoms with Crippen molar-refractivity contribution in [3.8, 4) is 0 Å². The molecule has 2 amide bonds. The van der Waals surface area contributed by atoms with E-state index in [2.05, 4.69) is 10.6 Å². The van der Waals surface area contributed by atoms with E-state index >= 15 is 0 Å². The van der Waals surface area contributed by atoms with Crippen LogP contribution in [-0.4, -0.2) is 28.9 Å². The fourth-order valence-electron chi connectivity index (χ4n) is 2.17. The second kappa shape index (κ2) is 9.38. The number of anilines is 2. The van der Waals surface area contributed by atoms with Gasteiger partial charge in [0, 0.05) is 43.6 Å². The third-order valence-corrected chi connectivity index (χ3v) is 3.94.